The number of nitrogens with one attached hydrogen (secondary N) is 1. The van der Waals surface area contributed by atoms with Crippen molar-refractivity contribution in [2.45, 2.75) is 13.8 Å². The average molecular weight is 230 g/mol. The summed E-state index contributed by atoms with van der Waals surface area (Å²) in [5.74, 6) is -0.337. The van der Waals surface area contributed by atoms with Crippen LogP contribution in [0.1, 0.15) is 23.0 Å². The maximum atomic E-state index is 12.1. The zero-order chi connectivity index (χ0) is 12.4. The molecule has 0 aliphatic rings. The fourth-order valence-corrected chi connectivity index (χ4v) is 1.86. The molecule has 1 aromatic heterocycles. The Morgan fingerprint density at radius 1 is 1.41 bits per heavy atom. The Balaban J connectivity index is 2.67. The number of fused-ring (bicyclic) bond motifs is 1. The Labute approximate surface area is 99.5 Å². The molecule has 1 heterocycles. The Hall–Kier alpha value is -2.10. The van der Waals surface area contributed by atoms with Gasteiger partial charge in [-0.1, -0.05) is 12.1 Å². The molecular weight excluding hydrogens is 216 g/mol. The van der Waals surface area contributed by atoms with Crippen LogP contribution in [0.15, 0.2) is 30.3 Å². The Morgan fingerprint density at radius 3 is 2.82 bits per heavy atom. The first-order chi connectivity index (χ1) is 8.15. The summed E-state index contributed by atoms with van der Waals surface area (Å²) in [7, 11) is 0. The average Bonchev–Trinajstić information content (AvgIpc) is 2.34. The number of amides is 1. The van der Waals surface area contributed by atoms with Crippen LogP contribution in [0, 0.1) is 12.1 Å². The minimum Gasteiger partial charge on any atom is -0.618 e. The van der Waals surface area contributed by atoms with Gasteiger partial charge in [0.05, 0.1) is 5.39 Å². The van der Waals surface area contributed by atoms with Crippen LogP contribution in [0.2, 0.25) is 0 Å². The molecule has 0 aliphatic carbocycles. The van der Waals surface area contributed by atoms with Crippen LogP contribution in [0.3, 0.4) is 0 Å². The fraction of sp³-hybridized carbons (Fsp3) is 0.231. The molecule has 0 aliphatic heterocycles. The van der Waals surface area contributed by atoms with Crippen LogP contribution < -0.4 is 10.0 Å². The van der Waals surface area contributed by atoms with Gasteiger partial charge in [0.2, 0.25) is 5.52 Å². The summed E-state index contributed by atoms with van der Waals surface area (Å²) in [6.07, 6.45) is 0. The summed E-state index contributed by atoms with van der Waals surface area (Å²) < 4.78 is 0.688. The van der Waals surface area contributed by atoms with Crippen molar-refractivity contribution in [2.75, 3.05) is 6.54 Å². The van der Waals surface area contributed by atoms with Crippen LogP contribution in [0.25, 0.3) is 10.9 Å². The van der Waals surface area contributed by atoms with Gasteiger partial charge in [-0.2, -0.15) is 4.73 Å². The van der Waals surface area contributed by atoms with Crippen molar-refractivity contribution in [3.8, 4) is 0 Å². The van der Waals surface area contributed by atoms with Crippen molar-refractivity contribution in [3.05, 3.63) is 46.8 Å². The monoisotopic (exact) mass is 230 g/mol. The number of carbonyl (C=O) groups excluding carboxylic acids is 1. The van der Waals surface area contributed by atoms with Gasteiger partial charge in [0, 0.05) is 18.7 Å². The number of para-hydroxylation sites is 1. The summed E-state index contributed by atoms with van der Waals surface area (Å²) >= 11 is 0. The van der Waals surface area contributed by atoms with Crippen molar-refractivity contribution in [3.63, 3.8) is 0 Å². The third kappa shape index (κ3) is 1.93. The third-order valence-corrected chi connectivity index (χ3v) is 2.69. The van der Waals surface area contributed by atoms with Crippen LogP contribution >= 0.6 is 0 Å². The second kappa shape index (κ2) is 4.41. The van der Waals surface area contributed by atoms with E-state index < -0.39 is 0 Å². The molecule has 4 heteroatoms. The lowest BCUT2D eigenvalue weighted by Gasteiger charge is -2.09. The van der Waals surface area contributed by atoms with E-state index in [1.54, 1.807) is 18.2 Å². The number of aromatic nitrogens is 1. The van der Waals surface area contributed by atoms with Gasteiger partial charge in [0.1, 0.15) is 0 Å². The molecule has 1 amide bonds. The molecule has 0 atom stereocenters. The summed E-state index contributed by atoms with van der Waals surface area (Å²) in [6, 6.07) is 8.89. The lowest BCUT2D eigenvalue weighted by Crippen LogP contribution is -2.40. The van der Waals surface area contributed by atoms with E-state index in [1.807, 2.05) is 26.0 Å². The van der Waals surface area contributed by atoms with Gasteiger partial charge < -0.3 is 10.5 Å². The number of aryl methyl sites for hydroxylation is 1. The highest BCUT2D eigenvalue weighted by atomic mass is 16.5. The minimum absolute atomic E-state index is 0.142. The molecule has 0 saturated heterocycles. The zero-order valence-electron chi connectivity index (χ0n) is 9.86. The molecule has 0 bridgehead atoms. The SMILES string of the molecule is CCNC(=O)c1cc(C)c2ccccc2[n+]1[O-]. The van der Waals surface area contributed by atoms with Crippen LogP contribution in [0.5, 0.6) is 0 Å². The van der Waals surface area contributed by atoms with E-state index in [9.17, 15) is 10.0 Å². The van der Waals surface area contributed by atoms with Gasteiger partial charge in [0.15, 0.2) is 0 Å². The lowest BCUT2D eigenvalue weighted by molar-refractivity contribution is -0.579. The topological polar surface area (TPSA) is 56.0 Å². The van der Waals surface area contributed by atoms with E-state index in [4.69, 9.17) is 0 Å². The van der Waals surface area contributed by atoms with Crippen LogP contribution in [-0.4, -0.2) is 12.5 Å². The highest BCUT2D eigenvalue weighted by molar-refractivity contribution is 5.93. The summed E-state index contributed by atoms with van der Waals surface area (Å²) in [5.41, 5.74) is 1.59. The molecule has 17 heavy (non-hydrogen) atoms. The van der Waals surface area contributed by atoms with E-state index in [1.165, 1.54) is 0 Å². The van der Waals surface area contributed by atoms with E-state index in [0.29, 0.717) is 16.8 Å². The van der Waals surface area contributed by atoms with E-state index in [0.717, 1.165) is 10.9 Å². The normalized spacial score (nSPS) is 10.5. The number of rotatable bonds is 2. The molecule has 0 radical (unpaired) electrons. The van der Waals surface area contributed by atoms with E-state index >= 15 is 0 Å². The molecule has 0 spiro atoms. The highest BCUT2D eigenvalue weighted by Gasteiger charge is 2.19. The second-order valence-electron chi connectivity index (χ2n) is 3.88. The molecule has 1 aromatic carbocycles. The number of hydrogen-bond donors (Lipinski definition) is 1. The third-order valence-electron chi connectivity index (χ3n) is 2.69. The number of benzene rings is 1. The van der Waals surface area contributed by atoms with Gasteiger partial charge in [0.25, 0.3) is 5.69 Å². The minimum atomic E-state index is -0.337. The molecule has 2 rings (SSSR count). The second-order valence-corrected chi connectivity index (χ2v) is 3.88. The van der Waals surface area contributed by atoms with Crippen molar-refractivity contribution >= 4 is 16.8 Å². The fourth-order valence-electron chi connectivity index (χ4n) is 1.86. The van der Waals surface area contributed by atoms with Gasteiger partial charge in [-0.15, -0.1) is 0 Å². The van der Waals surface area contributed by atoms with Crippen molar-refractivity contribution < 1.29 is 9.52 Å². The summed E-state index contributed by atoms with van der Waals surface area (Å²) in [4.78, 5) is 11.7. The maximum absolute atomic E-state index is 12.1. The molecule has 1 N–H and O–H groups in total. The van der Waals surface area contributed by atoms with Gasteiger partial charge >= 0.3 is 5.91 Å². The highest BCUT2D eigenvalue weighted by Crippen LogP contribution is 2.15. The lowest BCUT2D eigenvalue weighted by atomic mass is 10.1. The number of hydrogen-bond acceptors (Lipinski definition) is 2. The molecule has 0 fully saturated rings. The molecular formula is C13H14N2O2. The number of carbonyl (C=O) groups is 1. The van der Waals surface area contributed by atoms with Crippen molar-refractivity contribution in [1.82, 2.24) is 5.32 Å². The van der Waals surface area contributed by atoms with E-state index in [2.05, 4.69) is 5.32 Å². The predicted molar refractivity (Wildman–Crippen MR) is 65.7 cm³/mol. The standard InChI is InChI=1S/C13H14N2O2/c1-3-14-13(16)12-8-9(2)10-6-4-5-7-11(10)15(12)17/h4-8H,3H2,1-2H3,(H,14,16). The van der Waals surface area contributed by atoms with Gasteiger partial charge in [-0.05, 0) is 25.5 Å². The van der Waals surface area contributed by atoms with Gasteiger partial charge in [-0.25, -0.2) is 0 Å². The number of nitrogens with zero attached hydrogens (tertiary/aromatic N) is 1. The largest absolute Gasteiger partial charge is 0.618 e. The summed E-state index contributed by atoms with van der Waals surface area (Å²) in [6.45, 7) is 4.22. The van der Waals surface area contributed by atoms with Crippen molar-refractivity contribution in [2.24, 2.45) is 0 Å². The Kier molecular flexibility index (Phi) is 2.95. The molecule has 88 valence electrons. The molecule has 4 nitrogen and oxygen atoms in total. The predicted octanol–water partition coefficient (Wildman–Crippen LogP) is 1.53. The van der Waals surface area contributed by atoms with E-state index in [-0.39, 0.29) is 11.6 Å². The first kappa shape index (κ1) is 11.4. The van der Waals surface area contributed by atoms with Crippen LogP contribution in [-0.2, 0) is 0 Å². The molecule has 0 unspecified atom stereocenters. The quantitative estimate of drug-likeness (QED) is 0.628. The summed E-state index contributed by atoms with van der Waals surface area (Å²) in [5, 5.41) is 15.6. The molecule has 0 saturated carbocycles. The Bertz CT molecular complexity index is 579. The maximum Gasteiger partial charge on any atom is 0.317 e. The van der Waals surface area contributed by atoms with Crippen LogP contribution in [0.4, 0.5) is 0 Å². The first-order valence-electron chi connectivity index (χ1n) is 5.55. The van der Waals surface area contributed by atoms with Crippen molar-refractivity contribution in [1.29, 1.82) is 0 Å². The first-order valence-corrected chi connectivity index (χ1v) is 5.55. The smallest absolute Gasteiger partial charge is 0.317 e. The van der Waals surface area contributed by atoms with Gasteiger partial charge in [-0.3, -0.25) is 4.79 Å². The Morgan fingerprint density at radius 2 is 2.12 bits per heavy atom. The molecule has 2 aromatic rings. The zero-order valence-corrected chi connectivity index (χ0v) is 9.86. The number of pyridine rings is 1.